The van der Waals surface area contributed by atoms with Crippen LogP contribution >= 0.6 is 11.8 Å². The summed E-state index contributed by atoms with van der Waals surface area (Å²) in [6, 6.07) is 2.20. The van der Waals surface area contributed by atoms with Crippen molar-refractivity contribution in [2.45, 2.75) is 37.0 Å². The Labute approximate surface area is 106 Å². The van der Waals surface area contributed by atoms with Gasteiger partial charge in [-0.2, -0.15) is 21.7 Å². The highest BCUT2D eigenvalue weighted by Gasteiger charge is 2.21. The monoisotopic (exact) mass is 253 g/mol. The second-order valence-corrected chi connectivity index (χ2v) is 5.54. The van der Waals surface area contributed by atoms with Crippen LogP contribution in [0.5, 0.6) is 0 Å². The summed E-state index contributed by atoms with van der Waals surface area (Å²) in [6.45, 7) is 0. The molecule has 1 aromatic rings. The van der Waals surface area contributed by atoms with Crippen LogP contribution in [0.15, 0.2) is 6.07 Å². The van der Waals surface area contributed by atoms with Crippen LogP contribution in [0.2, 0.25) is 0 Å². The van der Waals surface area contributed by atoms with E-state index in [1.165, 1.54) is 25.7 Å². The number of thioether (sulfide) groups is 1. The van der Waals surface area contributed by atoms with Crippen molar-refractivity contribution in [1.82, 2.24) is 9.97 Å². The molecule has 0 bridgehead atoms. The predicted octanol–water partition coefficient (Wildman–Crippen LogP) is 1.73. The summed E-state index contributed by atoms with van der Waals surface area (Å²) in [7, 11) is 0. The van der Waals surface area contributed by atoms with Crippen LogP contribution in [-0.4, -0.2) is 27.5 Å². The van der Waals surface area contributed by atoms with E-state index in [1.54, 1.807) is 6.07 Å². The van der Waals surface area contributed by atoms with E-state index in [-0.39, 0.29) is 5.95 Å². The van der Waals surface area contributed by atoms with Gasteiger partial charge in [-0.05, 0) is 25.5 Å². The fourth-order valence-electron chi connectivity index (χ4n) is 2.26. The molecule has 1 heterocycles. The van der Waals surface area contributed by atoms with Gasteiger partial charge in [-0.1, -0.05) is 6.42 Å². The molecule has 0 saturated heterocycles. The van der Waals surface area contributed by atoms with Gasteiger partial charge in [-0.15, -0.1) is 0 Å². The molecule has 2 rings (SSSR count). The molecular formula is C11H19N5S. The summed E-state index contributed by atoms with van der Waals surface area (Å²) < 4.78 is 0. The first-order valence-corrected chi connectivity index (χ1v) is 7.15. The van der Waals surface area contributed by atoms with E-state index in [2.05, 4.69) is 21.5 Å². The van der Waals surface area contributed by atoms with Crippen molar-refractivity contribution < 1.29 is 0 Å². The molecule has 0 radical (unpaired) electrons. The van der Waals surface area contributed by atoms with Gasteiger partial charge in [0.05, 0.1) is 0 Å². The van der Waals surface area contributed by atoms with E-state index in [9.17, 15) is 0 Å². The Bertz CT molecular complexity index is 364. The molecule has 1 aromatic heterocycles. The number of nitrogen functional groups attached to an aromatic ring is 2. The smallest absolute Gasteiger partial charge is 0.223 e. The molecule has 5 N–H and O–H groups in total. The van der Waals surface area contributed by atoms with Gasteiger partial charge in [-0.25, -0.2) is 0 Å². The minimum absolute atomic E-state index is 0.227. The maximum Gasteiger partial charge on any atom is 0.223 e. The molecular weight excluding hydrogens is 234 g/mol. The van der Waals surface area contributed by atoms with Gasteiger partial charge in [-0.3, -0.25) is 0 Å². The molecule has 94 valence electrons. The van der Waals surface area contributed by atoms with E-state index in [1.807, 2.05) is 11.8 Å². The van der Waals surface area contributed by atoms with Crippen molar-refractivity contribution in [2.24, 2.45) is 0 Å². The molecule has 5 nitrogen and oxygen atoms in total. The van der Waals surface area contributed by atoms with E-state index in [0.717, 1.165) is 11.1 Å². The summed E-state index contributed by atoms with van der Waals surface area (Å²) in [5, 5.41) is 4.15. The molecule has 0 spiro atoms. The summed E-state index contributed by atoms with van der Waals surface area (Å²) in [6.07, 6.45) is 7.10. The molecule has 1 aliphatic rings. The van der Waals surface area contributed by atoms with Crippen LogP contribution in [0, 0.1) is 0 Å². The number of nitrogens with one attached hydrogen (secondary N) is 1. The van der Waals surface area contributed by atoms with Crippen LogP contribution < -0.4 is 16.8 Å². The molecule has 17 heavy (non-hydrogen) atoms. The van der Waals surface area contributed by atoms with Crippen molar-refractivity contribution in [3.8, 4) is 0 Å². The van der Waals surface area contributed by atoms with Crippen molar-refractivity contribution >= 4 is 29.3 Å². The lowest BCUT2D eigenvalue weighted by atomic mass is 9.95. The highest BCUT2D eigenvalue weighted by molar-refractivity contribution is 7.99. The second kappa shape index (κ2) is 5.44. The minimum Gasteiger partial charge on any atom is -0.383 e. The normalized spacial score (nSPS) is 24.5. The topological polar surface area (TPSA) is 89.8 Å². The van der Waals surface area contributed by atoms with Crippen molar-refractivity contribution in [2.75, 3.05) is 23.0 Å². The first-order chi connectivity index (χ1) is 8.17. The molecule has 0 amide bonds. The molecule has 6 heteroatoms. The van der Waals surface area contributed by atoms with E-state index >= 15 is 0 Å². The van der Waals surface area contributed by atoms with Gasteiger partial charge in [0.25, 0.3) is 0 Å². The summed E-state index contributed by atoms with van der Waals surface area (Å²) in [5.74, 6) is 1.38. The molecule has 2 atom stereocenters. The van der Waals surface area contributed by atoms with Gasteiger partial charge in [0.1, 0.15) is 11.6 Å². The number of nitrogens with two attached hydrogens (primary N) is 2. The average molecular weight is 253 g/mol. The van der Waals surface area contributed by atoms with Gasteiger partial charge in [0.2, 0.25) is 5.95 Å². The van der Waals surface area contributed by atoms with Crippen LogP contribution in [0.4, 0.5) is 17.6 Å². The molecule has 1 saturated carbocycles. The summed E-state index contributed by atoms with van der Waals surface area (Å²) in [5.41, 5.74) is 11.2. The minimum atomic E-state index is 0.227. The first kappa shape index (κ1) is 12.3. The van der Waals surface area contributed by atoms with E-state index in [4.69, 9.17) is 11.5 Å². The summed E-state index contributed by atoms with van der Waals surface area (Å²) in [4.78, 5) is 8.01. The van der Waals surface area contributed by atoms with Crippen LogP contribution in [0.3, 0.4) is 0 Å². The van der Waals surface area contributed by atoms with Gasteiger partial charge < -0.3 is 16.8 Å². The lowest BCUT2D eigenvalue weighted by molar-refractivity contribution is 0.473. The largest absolute Gasteiger partial charge is 0.383 e. The van der Waals surface area contributed by atoms with Crippen LogP contribution in [-0.2, 0) is 0 Å². The van der Waals surface area contributed by atoms with Crippen LogP contribution in [0.25, 0.3) is 0 Å². The fraction of sp³-hybridized carbons (Fsp3) is 0.636. The molecule has 0 aromatic carbocycles. The number of hydrogen-bond donors (Lipinski definition) is 3. The zero-order chi connectivity index (χ0) is 12.3. The fourth-order valence-corrected chi connectivity index (χ4v) is 3.09. The van der Waals surface area contributed by atoms with Crippen molar-refractivity contribution in [3.63, 3.8) is 0 Å². The van der Waals surface area contributed by atoms with Crippen molar-refractivity contribution in [3.05, 3.63) is 6.07 Å². The Morgan fingerprint density at radius 1 is 1.35 bits per heavy atom. The molecule has 1 fully saturated rings. The highest BCUT2D eigenvalue weighted by Crippen LogP contribution is 2.28. The lowest BCUT2D eigenvalue weighted by Crippen LogP contribution is -2.29. The van der Waals surface area contributed by atoms with Gasteiger partial charge >= 0.3 is 0 Å². The summed E-state index contributed by atoms with van der Waals surface area (Å²) >= 11 is 1.94. The average Bonchev–Trinajstić information content (AvgIpc) is 2.28. The second-order valence-electron chi connectivity index (χ2n) is 4.40. The Kier molecular flexibility index (Phi) is 3.93. The number of nitrogens with zero attached hydrogens (tertiary/aromatic N) is 2. The Hall–Kier alpha value is -1.17. The van der Waals surface area contributed by atoms with Gasteiger partial charge in [0.15, 0.2) is 0 Å². The molecule has 1 aliphatic carbocycles. The van der Waals surface area contributed by atoms with Gasteiger partial charge in [0, 0.05) is 17.4 Å². The van der Waals surface area contributed by atoms with Crippen molar-refractivity contribution in [1.29, 1.82) is 0 Å². The quantitative estimate of drug-likeness (QED) is 0.760. The number of hydrogen-bond acceptors (Lipinski definition) is 6. The van der Waals surface area contributed by atoms with E-state index < -0.39 is 0 Å². The van der Waals surface area contributed by atoms with E-state index in [0.29, 0.717) is 11.9 Å². The molecule has 0 aliphatic heterocycles. The molecule has 2 unspecified atom stereocenters. The SMILES string of the molecule is CSC1CCCC(Nc2cc(N)nc(N)n2)C1. The Morgan fingerprint density at radius 2 is 2.18 bits per heavy atom. The van der Waals surface area contributed by atoms with Crippen LogP contribution in [0.1, 0.15) is 25.7 Å². The maximum absolute atomic E-state index is 5.64. The standard InChI is InChI=1S/C11H19N5S/c1-17-8-4-2-3-7(5-8)14-10-6-9(12)15-11(13)16-10/h6-8H,2-5H2,1H3,(H5,12,13,14,15,16). The highest BCUT2D eigenvalue weighted by atomic mass is 32.2. The Morgan fingerprint density at radius 3 is 2.88 bits per heavy atom. The Balaban J connectivity index is 2.00. The first-order valence-electron chi connectivity index (χ1n) is 5.86. The third-order valence-corrected chi connectivity index (χ3v) is 4.17. The third-order valence-electron chi connectivity index (χ3n) is 3.07. The number of rotatable bonds is 3. The number of anilines is 3. The third kappa shape index (κ3) is 3.39. The zero-order valence-electron chi connectivity index (χ0n) is 10.0. The number of aromatic nitrogens is 2. The zero-order valence-corrected chi connectivity index (χ0v) is 10.8. The predicted molar refractivity (Wildman–Crippen MR) is 74.0 cm³/mol. The maximum atomic E-state index is 5.64. The lowest BCUT2D eigenvalue weighted by Gasteiger charge is -2.29.